The van der Waals surface area contributed by atoms with E-state index in [0.717, 1.165) is 5.56 Å². The van der Waals surface area contributed by atoms with Gasteiger partial charge in [0.2, 0.25) is 0 Å². The van der Waals surface area contributed by atoms with E-state index in [9.17, 15) is 4.39 Å². The number of anilines is 1. The van der Waals surface area contributed by atoms with Crippen LogP contribution in [0, 0.1) is 5.82 Å². The van der Waals surface area contributed by atoms with E-state index in [1.165, 1.54) is 12.1 Å². The van der Waals surface area contributed by atoms with E-state index < -0.39 is 0 Å². The molecule has 5 N–H and O–H groups in total. The van der Waals surface area contributed by atoms with Crippen molar-refractivity contribution in [2.75, 3.05) is 5.73 Å². The molecule has 0 aliphatic carbocycles. The van der Waals surface area contributed by atoms with Gasteiger partial charge >= 0.3 is 0 Å². The highest BCUT2D eigenvalue weighted by Crippen LogP contribution is 2.15. The molecule has 2 aromatic rings. The maximum absolute atomic E-state index is 12.7. The van der Waals surface area contributed by atoms with Crippen molar-refractivity contribution in [1.29, 1.82) is 0 Å². The lowest BCUT2D eigenvalue weighted by Gasteiger charge is -2.04. The molecular formula is C11H12BrFN4. The molecule has 4 nitrogen and oxygen atoms in total. The summed E-state index contributed by atoms with van der Waals surface area (Å²) in [4.78, 5) is 8.21. The summed E-state index contributed by atoms with van der Waals surface area (Å²) in [5.41, 5.74) is 7.33. The first-order valence-electron chi connectivity index (χ1n) is 4.66. The van der Waals surface area contributed by atoms with E-state index in [4.69, 9.17) is 5.73 Å². The van der Waals surface area contributed by atoms with Crippen molar-refractivity contribution in [3.05, 3.63) is 52.1 Å². The fourth-order valence-corrected chi connectivity index (χ4v) is 1.65. The van der Waals surface area contributed by atoms with Crippen LogP contribution in [0.1, 0.15) is 11.3 Å². The van der Waals surface area contributed by atoms with Crippen LogP contribution < -0.4 is 11.9 Å². The third kappa shape index (κ3) is 3.47. The Morgan fingerprint density at radius 2 is 1.88 bits per heavy atom. The van der Waals surface area contributed by atoms with Gasteiger partial charge in [-0.05, 0) is 33.6 Å². The summed E-state index contributed by atoms with van der Waals surface area (Å²) >= 11 is 3.23. The predicted octanol–water partition coefficient (Wildman–Crippen LogP) is 2.71. The fourth-order valence-electron chi connectivity index (χ4n) is 1.34. The maximum Gasteiger partial charge on any atom is 0.145 e. The van der Waals surface area contributed by atoms with Gasteiger partial charge in [0.1, 0.15) is 16.2 Å². The molecule has 0 fully saturated rings. The normalized spacial score (nSPS) is 9.76. The lowest BCUT2D eigenvalue weighted by Crippen LogP contribution is -2.02. The quantitative estimate of drug-likeness (QED) is 0.892. The Balaban J connectivity index is 0.00000144. The molecule has 0 saturated heterocycles. The number of hydrogen-bond donors (Lipinski definition) is 2. The molecule has 0 atom stereocenters. The van der Waals surface area contributed by atoms with Crippen molar-refractivity contribution in [3.8, 4) is 0 Å². The van der Waals surface area contributed by atoms with Crippen molar-refractivity contribution < 1.29 is 4.39 Å². The first-order valence-corrected chi connectivity index (χ1v) is 5.46. The van der Waals surface area contributed by atoms with Gasteiger partial charge < -0.3 is 11.9 Å². The molecule has 90 valence electrons. The highest BCUT2D eigenvalue weighted by Gasteiger charge is 2.05. The summed E-state index contributed by atoms with van der Waals surface area (Å²) in [6, 6.07) is 6.24. The fraction of sp³-hybridized carbons (Fsp3) is 0.0909. The molecule has 0 radical (unpaired) electrons. The monoisotopic (exact) mass is 298 g/mol. The second-order valence-electron chi connectivity index (χ2n) is 3.33. The van der Waals surface area contributed by atoms with Gasteiger partial charge in [-0.1, -0.05) is 12.1 Å². The number of hydrogen-bond acceptors (Lipinski definition) is 4. The molecular weight excluding hydrogens is 287 g/mol. The van der Waals surface area contributed by atoms with Gasteiger partial charge in [-0.15, -0.1) is 0 Å². The van der Waals surface area contributed by atoms with Crippen LogP contribution in [0.25, 0.3) is 0 Å². The highest BCUT2D eigenvalue weighted by molar-refractivity contribution is 9.10. The smallest absolute Gasteiger partial charge is 0.145 e. The molecule has 0 spiro atoms. The molecule has 6 heteroatoms. The molecule has 1 aromatic heterocycles. The highest BCUT2D eigenvalue weighted by atomic mass is 79.9. The largest absolute Gasteiger partial charge is 0.382 e. The van der Waals surface area contributed by atoms with E-state index >= 15 is 0 Å². The first kappa shape index (κ1) is 13.5. The van der Waals surface area contributed by atoms with Gasteiger partial charge in [-0.2, -0.15) is 0 Å². The molecule has 0 bridgehead atoms. The van der Waals surface area contributed by atoms with Crippen LogP contribution in [0.5, 0.6) is 0 Å². The lowest BCUT2D eigenvalue weighted by atomic mass is 10.1. The SMILES string of the molecule is N.Nc1ncc(Br)nc1Cc1ccc(F)cc1. The number of rotatable bonds is 2. The molecule has 0 amide bonds. The predicted molar refractivity (Wildman–Crippen MR) is 68.4 cm³/mol. The third-order valence-electron chi connectivity index (χ3n) is 2.13. The summed E-state index contributed by atoms with van der Waals surface area (Å²) in [5.74, 6) is 0.143. The van der Waals surface area contributed by atoms with E-state index in [1.807, 2.05) is 0 Å². The lowest BCUT2D eigenvalue weighted by molar-refractivity contribution is 0.627. The summed E-state index contributed by atoms with van der Waals surface area (Å²) in [6.45, 7) is 0. The minimum atomic E-state index is -0.253. The van der Waals surface area contributed by atoms with Crippen molar-refractivity contribution in [2.24, 2.45) is 0 Å². The minimum Gasteiger partial charge on any atom is -0.382 e. The zero-order valence-corrected chi connectivity index (χ0v) is 10.6. The molecule has 17 heavy (non-hydrogen) atoms. The number of halogens is 2. The molecule has 0 aliphatic heterocycles. The van der Waals surface area contributed by atoms with E-state index in [1.54, 1.807) is 18.3 Å². The van der Waals surface area contributed by atoms with Gasteiger partial charge in [-0.3, -0.25) is 0 Å². The van der Waals surface area contributed by atoms with Crippen LogP contribution in [0.4, 0.5) is 10.2 Å². The Morgan fingerprint density at radius 1 is 1.24 bits per heavy atom. The molecule has 2 rings (SSSR count). The number of benzene rings is 1. The Bertz CT molecular complexity index is 501. The summed E-state index contributed by atoms with van der Waals surface area (Å²) < 4.78 is 13.3. The van der Waals surface area contributed by atoms with Crippen LogP contribution in [0.15, 0.2) is 35.1 Å². The van der Waals surface area contributed by atoms with Crippen molar-refractivity contribution in [3.63, 3.8) is 0 Å². The van der Waals surface area contributed by atoms with Gasteiger partial charge in [0.05, 0.1) is 11.9 Å². The Morgan fingerprint density at radius 3 is 2.53 bits per heavy atom. The van der Waals surface area contributed by atoms with Crippen LogP contribution in [0.2, 0.25) is 0 Å². The molecule has 0 unspecified atom stereocenters. The van der Waals surface area contributed by atoms with Gasteiger partial charge in [0, 0.05) is 6.42 Å². The van der Waals surface area contributed by atoms with Crippen LogP contribution in [-0.2, 0) is 6.42 Å². The van der Waals surface area contributed by atoms with Crippen molar-refractivity contribution >= 4 is 21.7 Å². The topological polar surface area (TPSA) is 86.8 Å². The van der Waals surface area contributed by atoms with Crippen molar-refractivity contribution in [2.45, 2.75) is 6.42 Å². The second-order valence-corrected chi connectivity index (χ2v) is 4.14. The molecule has 0 aliphatic rings. The number of aromatic nitrogens is 2. The average molecular weight is 299 g/mol. The van der Waals surface area contributed by atoms with Crippen LogP contribution in [-0.4, -0.2) is 9.97 Å². The van der Waals surface area contributed by atoms with E-state index in [2.05, 4.69) is 25.9 Å². The Hall–Kier alpha value is -1.53. The minimum absolute atomic E-state index is 0. The van der Waals surface area contributed by atoms with E-state index in [-0.39, 0.29) is 12.0 Å². The molecule has 1 heterocycles. The van der Waals surface area contributed by atoms with Crippen LogP contribution in [0.3, 0.4) is 0 Å². The third-order valence-corrected chi connectivity index (χ3v) is 2.51. The maximum atomic E-state index is 12.7. The van der Waals surface area contributed by atoms with Gasteiger partial charge in [0.25, 0.3) is 0 Å². The average Bonchev–Trinajstić information content (AvgIpc) is 2.27. The number of nitrogens with zero attached hydrogens (tertiary/aromatic N) is 2. The Labute approximate surface area is 107 Å². The summed E-state index contributed by atoms with van der Waals surface area (Å²) in [6.07, 6.45) is 2.09. The Kier molecular flexibility index (Phi) is 4.53. The number of nitrogen functional groups attached to an aromatic ring is 1. The van der Waals surface area contributed by atoms with Gasteiger partial charge in [-0.25, -0.2) is 14.4 Å². The van der Waals surface area contributed by atoms with E-state index in [0.29, 0.717) is 22.5 Å². The second kappa shape index (κ2) is 5.70. The van der Waals surface area contributed by atoms with Crippen molar-refractivity contribution in [1.82, 2.24) is 16.1 Å². The molecule has 0 saturated carbocycles. The standard InChI is InChI=1S/C11H9BrFN3.H3N/c12-10-6-15-11(14)9(16-10)5-7-1-3-8(13)4-2-7;/h1-4,6H,5H2,(H2,14,15);1H3. The molecule has 1 aromatic carbocycles. The summed E-state index contributed by atoms with van der Waals surface area (Å²) in [7, 11) is 0. The first-order chi connectivity index (χ1) is 7.65. The summed E-state index contributed by atoms with van der Waals surface area (Å²) in [5, 5.41) is 0. The zero-order valence-electron chi connectivity index (χ0n) is 9.03. The number of nitrogens with two attached hydrogens (primary N) is 1. The van der Waals surface area contributed by atoms with Gasteiger partial charge in [0.15, 0.2) is 0 Å². The zero-order chi connectivity index (χ0) is 11.5. The van der Waals surface area contributed by atoms with Crippen LogP contribution >= 0.6 is 15.9 Å².